The summed E-state index contributed by atoms with van der Waals surface area (Å²) < 4.78 is 38.6. The number of nitrogens with one attached hydrogen (secondary N) is 1. The summed E-state index contributed by atoms with van der Waals surface area (Å²) in [6, 6.07) is 4.62. The molecule has 1 fully saturated rings. The Morgan fingerprint density at radius 3 is 2.12 bits per heavy atom. The van der Waals surface area contributed by atoms with Crippen LogP contribution in [0.2, 0.25) is 0 Å². The lowest BCUT2D eigenvalue weighted by Gasteiger charge is -2.17. The number of nitrogens with zero attached hydrogens (tertiary/aromatic N) is 1. The Kier molecular flexibility index (Phi) is 2.41. The number of carboxylic acids is 1. The molecule has 92 valence electrons. The summed E-state index contributed by atoms with van der Waals surface area (Å²) in [5, 5.41) is 9.59. The van der Waals surface area contributed by atoms with Crippen molar-refractivity contribution >= 4 is 5.97 Å². The van der Waals surface area contributed by atoms with Crippen molar-refractivity contribution in [1.82, 2.24) is 10.4 Å². The fraction of sp³-hybridized carbons (Fsp3) is 0.300. The largest absolute Gasteiger partial charge is 0.478 e. The Bertz CT molecular complexity index is 458. The first-order chi connectivity index (χ1) is 7.79. The number of rotatable bonds is 2. The van der Waals surface area contributed by atoms with Crippen molar-refractivity contribution in [2.75, 3.05) is 7.05 Å². The molecule has 2 rings (SSSR count). The molecule has 1 aromatic carbocycles. The minimum Gasteiger partial charge on any atom is -0.478 e. The van der Waals surface area contributed by atoms with Crippen molar-refractivity contribution < 1.29 is 23.1 Å². The Balaban J connectivity index is 2.38. The minimum absolute atomic E-state index is 0.0301. The van der Waals surface area contributed by atoms with Crippen LogP contribution in [0.4, 0.5) is 13.2 Å². The van der Waals surface area contributed by atoms with E-state index in [0.717, 1.165) is 29.3 Å². The average molecular weight is 246 g/mol. The van der Waals surface area contributed by atoms with E-state index >= 15 is 0 Å². The molecule has 0 aliphatic carbocycles. The van der Waals surface area contributed by atoms with E-state index < -0.39 is 17.8 Å². The first-order valence-electron chi connectivity index (χ1n) is 4.71. The van der Waals surface area contributed by atoms with E-state index in [4.69, 9.17) is 5.11 Å². The predicted molar refractivity (Wildman–Crippen MR) is 52.0 cm³/mol. The fourth-order valence-electron chi connectivity index (χ4n) is 1.75. The summed E-state index contributed by atoms with van der Waals surface area (Å²) in [4.78, 5) is 10.6. The second-order valence-corrected chi connectivity index (χ2v) is 3.76. The Morgan fingerprint density at radius 1 is 1.35 bits per heavy atom. The van der Waals surface area contributed by atoms with Crippen LogP contribution in [-0.4, -0.2) is 29.3 Å². The van der Waals surface area contributed by atoms with Crippen molar-refractivity contribution in [3.05, 3.63) is 35.4 Å². The zero-order valence-electron chi connectivity index (χ0n) is 8.75. The number of carbonyl (C=O) groups is 1. The number of halogens is 3. The maximum atomic E-state index is 12.9. The molecule has 1 aromatic rings. The summed E-state index contributed by atoms with van der Waals surface area (Å²) >= 11 is 0. The summed E-state index contributed by atoms with van der Waals surface area (Å²) in [5.74, 6) is -1.17. The van der Waals surface area contributed by atoms with Crippen LogP contribution in [-0.2, 0) is 5.66 Å². The molecule has 7 heteroatoms. The Labute approximate surface area is 94.6 Å². The third-order valence-corrected chi connectivity index (χ3v) is 2.74. The lowest BCUT2D eigenvalue weighted by Crippen LogP contribution is -2.35. The van der Waals surface area contributed by atoms with E-state index in [1.54, 1.807) is 0 Å². The van der Waals surface area contributed by atoms with Crippen molar-refractivity contribution in [3.63, 3.8) is 0 Å². The van der Waals surface area contributed by atoms with Gasteiger partial charge in [-0.05, 0) is 17.7 Å². The summed E-state index contributed by atoms with van der Waals surface area (Å²) in [6.07, 6.45) is -4.47. The van der Waals surface area contributed by atoms with Gasteiger partial charge in [-0.2, -0.15) is 13.2 Å². The van der Waals surface area contributed by atoms with Crippen LogP contribution in [0.1, 0.15) is 15.9 Å². The molecule has 2 atom stereocenters. The molecule has 17 heavy (non-hydrogen) atoms. The Hall–Kier alpha value is -1.60. The molecule has 1 aliphatic rings. The van der Waals surface area contributed by atoms with Gasteiger partial charge in [-0.25, -0.2) is 15.2 Å². The van der Waals surface area contributed by atoms with Gasteiger partial charge in [0, 0.05) is 7.05 Å². The van der Waals surface area contributed by atoms with E-state index in [1.165, 1.54) is 7.05 Å². The van der Waals surface area contributed by atoms with Crippen molar-refractivity contribution in [1.29, 1.82) is 0 Å². The first kappa shape index (κ1) is 11.9. The lowest BCUT2D eigenvalue weighted by atomic mass is 10.0. The molecule has 0 spiro atoms. The zero-order chi connectivity index (χ0) is 12.8. The third-order valence-electron chi connectivity index (χ3n) is 2.74. The maximum Gasteiger partial charge on any atom is 0.426 e. The number of hydrogen-bond donors (Lipinski definition) is 2. The topological polar surface area (TPSA) is 62.2 Å². The molecule has 0 radical (unpaired) electrons. The highest BCUT2D eigenvalue weighted by Crippen LogP contribution is 2.48. The number of benzene rings is 1. The first-order valence-corrected chi connectivity index (χ1v) is 4.71. The van der Waals surface area contributed by atoms with Gasteiger partial charge in [0.15, 0.2) is 0 Å². The normalized spacial score (nSPS) is 27.9. The molecule has 2 N–H and O–H groups in total. The highest BCUT2D eigenvalue weighted by atomic mass is 19.4. The summed E-state index contributed by atoms with van der Waals surface area (Å²) in [7, 11) is 1.28. The molecule has 4 nitrogen and oxygen atoms in total. The standard InChI is InChI=1S/C10H9F3N2O2/c1-15-9(14-15,10(11,12)13)7-4-2-6(3-5-7)8(16)17/h2-5,14H,1H3,(H,16,17). The average Bonchev–Trinajstić information content (AvgIpc) is 2.91. The van der Waals surface area contributed by atoms with Crippen LogP contribution >= 0.6 is 0 Å². The number of hydrazine groups is 1. The molecular weight excluding hydrogens is 237 g/mol. The molecule has 0 amide bonds. The van der Waals surface area contributed by atoms with Crippen LogP contribution in [0, 0.1) is 0 Å². The van der Waals surface area contributed by atoms with Crippen LogP contribution < -0.4 is 5.43 Å². The maximum absolute atomic E-state index is 12.9. The molecule has 1 aliphatic heterocycles. The molecule has 1 saturated heterocycles. The van der Waals surface area contributed by atoms with Crippen LogP contribution in [0.5, 0.6) is 0 Å². The van der Waals surface area contributed by atoms with Crippen molar-refractivity contribution in [2.24, 2.45) is 0 Å². The molecule has 0 aromatic heterocycles. The van der Waals surface area contributed by atoms with Crippen LogP contribution in [0.3, 0.4) is 0 Å². The zero-order valence-corrected chi connectivity index (χ0v) is 8.75. The van der Waals surface area contributed by atoms with Crippen molar-refractivity contribution in [3.8, 4) is 0 Å². The SMILES string of the molecule is CN1NC1(c1ccc(C(=O)O)cc1)C(F)(F)F. The van der Waals surface area contributed by atoms with Gasteiger partial charge in [0.25, 0.3) is 0 Å². The summed E-state index contributed by atoms with van der Waals surface area (Å²) in [6.45, 7) is 0. The molecule has 1 heterocycles. The molecule has 0 saturated carbocycles. The summed E-state index contributed by atoms with van der Waals surface area (Å²) in [5.41, 5.74) is -0.0565. The Morgan fingerprint density at radius 2 is 1.82 bits per heavy atom. The molecular formula is C10H9F3N2O2. The second-order valence-electron chi connectivity index (χ2n) is 3.76. The van der Waals surface area contributed by atoms with Crippen LogP contribution in [0.25, 0.3) is 0 Å². The highest BCUT2D eigenvalue weighted by Gasteiger charge is 2.69. The van der Waals surface area contributed by atoms with Gasteiger partial charge < -0.3 is 5.11 Å². The van der Waals surface area contributed by atoms with E-state index in [-0.39, 0.29) is 11.1 Å². The third kappa shape index (κ3) is 1.67. The van der Waals surface area contributed by atoms with Gasteiger partial charge in [-0.1, -0.05) is 12.1 Å². The monoisotopic (exact) mass is 246 g/mol. The van der Waals surface area contributed by atoms with E-state index in [2.05, 4.69) is 5.43 Å². The van der Waals surface area contributed by atoms with E-state index in [0.29, 0.717) is 0 Å². The minimum atomic E-state index is -4.47. The van der Waals surface area contributed by atoms with Gasteiger partial charge in [0.2, 0.25) is 5.66 Å². The second kappa shape index (κ2) is 3.44. The number of alkyl halides is 3. The van der Waals surface area contributed by atoms with E-state index in [9.17, 15) is 18.0 Å². The van der Waals surface area contributed by atoms with E-state index in [1.807, 2.05) is 0 Å². The number of carboxylic acid groups (broad SMARTS) is 1. The number of aromatic carboxylic acids is 1. The van der Waals surface area contributed by atoms with Gasteiger partial charge in [-0.15, -0.1) is 0 Å². The predicted octanol–water partition coefficient (Wildman–Crippen LogP) is 1.55. The smallest absolute Gasteiger partial charge is 0.426 e. The van der Waals surface area contributed by atoms with Crippen LogP contribution in [0.15, 0.2) is 24.3 Å². The van der Waals surface area contributed by atoms with Gasteiger partial charge in [0.1, 0.15) is 0 Å². The van der Waals surface area contributed by atoms with Crippen molar-refractivity contribution in [2.45, 2.75) is 11.8 Å². The lowest BCUT2D eigenvalue weighted by molar-refractivity contribution is -0.174. The molecule has 0 bridgehead atoms. The fourth-order valence-corrected chi connectivity index (χ4v) is 1.75. The van der Waals surface area contributed by atoms with Gasteiger partial charge in [0.05, 0.1) is 5.56 Å². The highest BCUT2D eigenvalue weighted by molar-refractivity contribution is 5.87. The number of hydrogen-bond acceptors (Lipinski definition) is 3. The quantitative estimate of drug-likeness (QED) is 0.777. The molecule has 2 unspecified atom stereocenters. The van der Waals surface area contributed by atoms with Gasteiger partial charge >= 0.3 is 12.1 Å². The van der Waals surface area contributed by atoms with Gasteiger partial charge in [-0.3, -0.25) is 0 Å².